The molecule has 1 N–H and O–H groups in total. The number of nitrogens with one attached hydrogen (secondary N) is 1. The van der Waals surface area contributed by atoms with Gasteiger partial charge in [-0.2, -0.15) is 5.26 Å². The molecule has 0 aliphatic carbocycles. The van der Waals surface area contributed by atoms with Crippen LogP contribution in [0.3, 0.4) is 0 Å². The topological polar surface area (TPSA) is 52.0 Å². The molecule has 1 atom stereocenters. The van der Waals surface area contributed by atoms with Crippen molar-refractivity contribution in [1.82, 2.24) is 9.88 Å². The molecule has 0 amide bonds. The Balaban J connectivity index is 1.64. The molecule has 1 aromatic carbocycles. The quantitative estimate of drug-likeness (QED) is 0.911. The number of morpholine rings is 1. The lowest BCUT2D eigenvalue weighted by molar-refractivity contribution is 0.00108. The number of hydrogen-bond donors (Lipinski definition) is 1. The van der Waals surface area contributed by atoms with Crippen molar-refractivity contribution in [3.05, 3.63) is 36.0 Å². The third kappa shape index (κ3) is 2.62. The van der Waals surface area contributed by atoms with Crippen molar-refractivity contribution in [3.63, 3.8) is 0 Å². The summed E-state index contributed by atoms with van der Waals surface area (Å²) < 4.78 is 5.36. The summed E-state index contributed by atoms with van der Waals surface area (Å²) in [6.07, 6.45) is 2.83. The highest BCUT2D eigenvalue weighted by molar-refractivity contribution is 5.83. The SMILES string of the molecule is N#CC1CN(CCc2c[nH]c3ccccc23)CCO1. The second-order valence-corrected chi connectivity index (χ2v) is 4.90. The van der Waals surface area contributed by atoms with E-state index >= 15 is 0 Å². The maximum absolute atomic E-state index is 8.90. The molecule has 98 valence electrons. The van der Waals surface area contributed by atoms with Crippen molar-refractivity contribution < 1.29 is 4.74 Å². The Kier molecular flexibility index (Phi) is 3.49. The van der Waals surface area contributed by atoms with Crippen LogP contribution >= 0.6 is 0 Å². The molecule has 1 aliphatic rings. The lowest BCUT2D eigenvalue weighted by atomic mass is 10.1. The zero-order valence-electron chi connectivity index (χ0n) is 10.8. The van der Waals surface area contributed by atoms with Gasteiger partial charge in [-0.15, -0.1) is 0 Å². The molecule has 1 unspecified atom stereocenters. The predicted molar refractivity (Wildman–Crippen MR) is 73.8 cm³/mol. The first kappa shape index (κ1) is 12.2. The Hall–Kier alpha value is -1.83. The summed E-state index contributed by atoms with van der Waals surface area (Å²) in [5, 5.41) is 10.2. The number of nitriles is 1. The molecular weight excluding hydrogens is 238 g/mol. The van der Waals surface area contributed by atoms with Crippen LogP contribution in [0.4, 0.5) is 0 Å². The fraction of sp³-hybridized carbons (Fsp3) is 0.400. The van der Waals surface area contributed by atoms with Crippen LogP contribution in [0.25, 0.3) is 10.9 Å². The monoisotopic (exact) mass is 255 g/mol. The molecule has 0 saturated carbocycles. The third-order valence-electron chi connectivity index (χ3n) is 3.67. The lowest BCUT2D eigenvalue weighted by Gasteiger charge is -2.29. The number of nitrogens with zero attached hydrogens (tertiary/aromatic N) is 2. The van der Waals surface area contributed by atoms with Gasteiger partial charge in [-0.25, -0.2) is 0 Å². The average molecular weight is 255 g/mol. The standard InChI is InChI=1S/C15H17N3O/c16-9-13-11-18(7-8-19-13)6-5-12-10-17-15-4-2-1-3-14(12)15/h1-4,10,13,17H,5-8,11H2. The van der Waals surface area contributed by atoms with Crippen LogP contribution in [-0.2, 0) is 11.2 Å². The number of fused-ring (bicyclic) bond motifs is 1. The molecule has 4 heteroatoms. The molecule has 1 fully saturated rings. The number of aromatic amines is 1. The molecule has 0 spiro atoms. The van der Waals surface area contributed by atoms with E-state index in [1.165, 1.54) is 16.5 Å². The Morgan fingerprint density at radius 3 is 3.21 bits per heavy atom. The van der Waals surface area contributed by atoms with Gasteiger partial charge < -0.3 is 9.72 Å². The number of ether oxygens (including phenoxy) is 1. The largest absolute Gasteiger partial charge is 0.361 e. The van der Waals surface area contributed by atoms with Crippen molar-refractivity contribution in [2.45, 2.75) is 12.5 Å². The van der Waals surface area contributed by atoms with E-state index in [4.69, 9.17) is 10.00 Å². The van der Waals surface area contributed by atoms with E-state index in [1.54, 1.807) is 0 Å². The van der Waals surface area contributed by atoms with Crippen LogP contribution in [-0.4, -0.2) is 42.2 Å². The first-order chi connectivity index (χ1) is 9.36. The van der Waals surface area contributed by atoms with Crippen LogP contribution in [0.1, 0.15) is 5.56 Å². The van der Waals surface area contributed by atoms with E-state index in [9.17, 15) is 0 Å². The van der Waals surface area contributed by atoms with Gasteiger partial charge in [0.2, 0.25) is 0 Å². The maximum atomic E-state index is 8.90. The zero-order chi connectivity index (χ0) is 13.1. The Bertz CT molecular complexity index is 599. The van der Waals surface area contributed by atoms with Gasteiger partial charge in [-0.1, -0.05) is 18.2 Å². The van der Waals surface area contributed by atoms with E-state index in [1.807, 2.05) is 6.07 Å². The van der Waals surface area contributed by atoms with Gasteiger partial charge in [0.1, 0.15) is 0 Å². The number of H-pyrrole nitrogens is 1. The fourth-order valence-electron chi connectivity index (χ4n) is 2.60. The molecule has 1 aromatic heterocycles. The first-order valence-corrected chi connectivity index (χ1v) is 6.65. The highest BCUT2D eigenvalue weighted by Gasteiger charge is 2.19. The lowest BCUT2D eigenvalue weighted by Crippen LogP contribution is -2.42. The summed E-state index contributed by atoms with van der Waals surface area (Å²) in [7, 11) is 0. The molecule has 4 nitrogen and oxygen atoms in total. The molecule has 19 heavy (non-hydrogen) atoms. The summed E-state index contributed by atoms with van der Waals surface area (Å²) in [4.78, 5) is 5.61. The van der Waals surface area contributed by atoms with Gasteiger partial charge in [-0.3, -0.25) is 4.90 Å². The molecule has 0 bridgehead atoms. The minimum Gasteiger partial charge on any atom is -0.361 e. The van der Waals surface area contributed by atoms with Crippen LogP contribution in [0, 0.1) is 11.3 Å². The van der Waals surface area contributed by atoms with Gasteiger partial charge in [0.25, 0.3) is 0 Å². The van der Waals surface area contributed by atoms with Gasteiger partial charge in [0, 0.05) is 36.7 Å². The van der Waals surface area contributed by atoms with Crippen molar-refractivity contribution in [2.75, 3.05) is 26.2 Å². The van der Waals surface area contributed by atoms with Crippen LogP contribution in [0.15, 0.2) is 30.5 Å². The van der Waals surface area contributed by atoms with Crippen LogP contribution < -0.4 is 0 Å². The smallest absolute Gasteiger partial charge is 0.156 e. The van der Waals surface area contributed by atoms with E-state index in [0.717, 1.165) is 26.1 Å². The van der Waals surface area contributed by atoms with Gasteiger partial charge in [0.15, 0.2) is 6.10 Å². The van der Waals surface area contributed by atoms with E-state index in [2.05, 4.69) is 40.3 Å². The maximum Gasteiger partial charge on any atom is 0.156 e. The normalized spacial score (nSPS) is 20.5. The number of hydrogen-bond acceptors (Lipinski definition) is 3. The molecule has 1 aliphatic heterocycles. The predicted octanol–water partition coefficient (Wildman–Crippen LogP) is 1.93. The summed E-state index contributed by atoms with van der Waals surface area (Å²) >= 11 is 0. The number of aromatic nitrogens is 1. The summed E-state index contributed by atoms with van der Waals surface area (Å²) in [5.74, 6) is 0. The van der Waals surface area contributed by atoms with E-state index in [0.29, 0.717) is 6.61 Å². The second-order valence-electron chi connectivity index (χ2n) is 4.90. The van der Waals surface area contributed by atoms with Crippen molar-refractivity contribution in [1.29, 1.82) is 5.26 Å². The number of benzene rings is 1. The van der Waals surface area contributed by atoms with Gasteiger partial charge in [0.05, 0.1) is 12.7 Å². The van der Waals surface area contributed by atoms with Gasteiger partial charge >= 0.3 is 0 Å². The third-order valence-corrected chi connectivity index (χ3v) is 3.67. The number of para-hydroxylation sites is 1. The highest BCUT2D eigenvalue weighted by atomic mass is 16.5. The van der Waals surface area contributed by atoms with E-state index in [-0.39, 0.29) is 6.10 Å². The Morgan fingerprint density at radius 2 is 2.32 bits per heavy atom. The minimum absolute atomic E-state index is 0.267. The fourth-order valence-corrected chi connectivity index (χ4v) is 2.60. The zero-order valence-corrected chi connectivity index (χ0v) is 10.8. The molecule has 0 radical (unpaired) electrons. The van der Waals surface area contributed by atoms with Crippen LogP contribution in [0.2, 0.25) is 0 Å². The first-order valence-electron chi connectivity index (χ1n) is 6.65. The molecule has 1 saturated heterocycles. The Labute approximate surface area is 112 Å². The minimum atomic E-state index is -0.267. The van der Waals surface area contributed by atoms with Crippen molar-refractivity contribution in [2.24, 2.45) is 0 Å². The highest BCUT2D eigenvalue weighted by Crippen LogP contribution is 2.18. The molecular formula is C15H17N3O. The van der Waals surface area contributed by atoms with Crippen LogP contribution in [0.5, 0.6) is 0 Å². The number of rotatable bonds is 3. The average Bonchev–Trinajstić information content (AvgIpc) is 2.89. The van der Waals surface area contributed by atoms with Crippen molar-refractivity contribution >= 4 is 10.9 Å². The molecule has 2 heterocycles. The van der Waals surface area contributed by atoms with E-state index < -0.39 is 0 Å². The molecule has 2 aromatic rings. The molecule has 3 rings (SSSR count). The van der Waals surface area contributed by atoms with Crippen molar-refractivity contribution in [3.8, 4) is 6.07 Å². The summed E-state index contributed by atoms with van der Waals surface area (Å²) in [6.45, 7) is 3.27. The summed E-state index contributed by atoms with van der Waals surface area (Å²) in [6, 6.07) is 10.5. The Morgan fingerprint density at radius 1 is 1.42 bits per heavy atom. The van der Waals surface area contributed by atoms with Gasteiger partial charge in [-0.05, 0) is 18.1 Å². The second kappa shape index (κ2) is 5.43. The summed E-state index contributed by atoms with van der Waals surface area (Å²) in [5.41, 5.74) is 2.53.